The topological polar surface area (TPSA) is 38.7 Å². The lowest BCUT2D eigenvalue weighted by Gasteiger charge is -2.23. The van der Waals surface area contributed by atoms with Crippen molar-refractivity contribution in [2.75, 3.05) is 14.2 Å². The summed E-state index contributed by atoms with van der Waals surface area (Å²) in [6, 6.07) is 3.38. The molecule has 0 heterocycles. The molecule has 15 heavy (non-hydrogen) atoms. The van der Waals surface area contributed by atoms with E-state index in [9.17, 15) is 5.11 Å². The molecular weight excluding hydrogens is 216 g/mol. The van der Waals surface area contributed by atoms with Crippen LogP contribution in [0.2, 0.25) is 5.02 Å². The van der Waals surface area contributed by atoms with Crippen molar-refractivity contribution in [2.24, 2.45) is 0 Å². The lowest BCUT2D eigenvalue weighted by atomic mass is 9.97. The van der Waals surface area contributed by atoms with E-state index in [1.54, 1.807) is 33.1 Å². The fourth-order valence-electron chi connectivity index (χ4n) is 1.47. The van der Waals surface area contributed by atoms with Crippen molar-refractivity contribution in [3.8, 4) is 11.5 Å². The summed E-state index contributed by atoms with van der Waals surface area (Å²) in [5.41, 5.74) is -0.539. The first-order valence-electron chi connectivity index (χ1n) is 4.55. The summed E-state index contributed by atoms with van der Waals surface area (Å²) in [6.07, 6.45) is 0. The smallest absolute Gasteiger partial charge is 0.168 e. The predicted molar refractivity (Wildman–Crippen MR) is 59.8 cm³/mol. The second-order valence-corrected chi connectivity index (χ2v) is 4.12. The largest absolute Gasteiger partial charge is 0.493 e. The van der Waals surface area contributed by atoms with Gasteiger partial charge in [-0.3, -0.25) is 0 Å². The minimum Gasteiger partial charge on any atom is -0.493 e. The maximum Gasteiger partial charge on any atom is 0.168 e. The number of hydrogen-bond acceptors (Lipinski definition) is 3. The van der Waals surface area contributed by atoms with Gasteiger partial charge in [-0.1, -0.05) is 11.6 Å². The third kappa shape index (κ3) is 2.36. The van der Waals surface area contributed by atoms with E-state index in [0.29, 0.717) is 22.1 Å². The van der Waals surface area contributed by atoms with Gasteiger partial charge in [-0.05, 0) is 26.0 Å². The van der Waals surface area contributed by atoms with Crippen LogP contribution in [0.3, 0.4) is 0 Å². The molecule has 0 aliphatic rings. The van der Waals surface area contributed by atoms with Gasteiger partial charge in [-0.15, -0.1) is 0 Å². The zero-order valence-electron chi connectivity index (χ0n) is 9.30. The molecule has 0 saturated carbocycles. The van der Waals surface area contributed by atoms with Gasteiger partial charge in [0.15, 0.2) is 11.5 Å². The van der Waals surface area contributed by atoms with E-state index >= 15 is 0 Å². The van der Waals surface area contributed by atoms with Crippen LogP contribution >= 0.6 is 11.6 Å². The average Bonchev–Trinajstić information content (AvgIpc) is 2.15. The van der Waals surface area contributed by atoms with Crippen molar-refractivity contribution in [2.45, 2.75) is 19.4 Å². The van der Waals surface area contributed by atoms with Crippen LogP contribution in [-0.2, 0) is 5.60 Å². The van der Waals surface area contributed by atoms with Gasteiger partial charge in [0.1, 0.15) is 0 Å². The molecular formula is C11H15ClO3. The predicted octanol–water partition coefficient (Wildman–Crippen LogP) is 2.58. The molecule has 84 valence electrons. The first-order valence-corrected chi connectivity index (χ1v) is 4.93. The Balaban J connectivity index is 3.46. The molecule has 0 spiro atoms. The molecule has 0 aliphatic carbocycles. The van der Waals surface area contributed by atoms with E-state index in [2.05, 4.69) is 0 Å². The number of benzene rings is 1. The summed E-state index contributed by atoms with van der Waals surface area (Å²) in [6.45, 7) is 3.30. The number of hydrogen-bond donors (Lipinski definition) is 1. The Morgan fingerprint density at radius 2 is 1.80 bits per heavy atom. The van der Waals surface area contributed by atoms with E-state index in [1.165, 1.54) is 7.11 Å². The Kier molecular flexibility index (Phi) is 3.47. The highest BCUT2D eigenvalue weighted by Gasteiger charge is 2.26. The summed E-state index contributed by atoms with van der Waals surface area (Å²) in [7, 11) is 3.06. The van der Waals surface area contributed by atoms with Gasteiger partial charge in [0.2, 0.25) is 0 Å². The first-order chi connectivity index (χ1) is 6.91. The highest BCUT2D eigenvalue weighted by atomic mass is 35.5. The van der Waals surface area contributed by atoms with Crippen LogP contribution in [0.15, 0.2) is 12.1 Å². The van der Waals surface area contributed by atoms with E-state index in [4.69, 9.17) is 21.1 Å². The third-order valence-electron chi connectivity index (χ3n) is 2.11. The van der Waals surface area contributed by atoms with Crippen LogP contribution in [0.25, 0.3) is 0 Å². The molecule has 0 bridgehead atoms. The lowest BCUT2D eigenvalue weighted by molar-refractivity contribution is 0.0752. The number of methoxy groups -OCH3 is 2. The van der Waals surface area contributed by atoms with Gasteiger partial charge in [0, 0.05) is 5.56 Å². The molecule has 0 saturated heterocycles. The third-order valence-corrected chi connectivity index (χ3v) is 2.42. The van der Waals surface area contributed by atoms with Crippen LogP contribution in [0.1, 0.15) is 19.4 Å². The Morgan fingerprint density at radius 3 is 2.20 bits per heavy atom. The van der Waals surface area contributed by atoms with Gasteiger partial charge >= 0.3 is 0 Å². The van der Waals surface area contributed by atoms with Crippen LogP contribution in [0.4, 0.5) is 0 Å². The second kappa shape index (κ2) is 4.29. The van der Waals surface area contributed by atoms with Crippen molar-refractivity contribution >= 4 is 11.6 Å². The molecule has 1 aromatic carbocycles. The van der Waals surface area contributed by atoms with Crippen molar-refractivity contribution < 1.29 is 14.6 Å². The zero-order valence-corrected chi connectivity index (χ0v) is 10.1. The number of halogens is 1. The molecule has 0 aromatic heterocycles. The normalized spacial score (nSPS) is 11.3. The average molecular weight is 231 g/mol. The van der Waals surface area contributed by atoms with Gasteiger partial charge in [0.05, 0.1) is 24.8 Å². The molecule has 0 unspecified atom stereocenters. The minimum atomic E-state index is -1.07. The van der Waals surface area contributed by atoms with Crippen molar-refractivity contribution in [3.05, 3.63) is 22.7 Å². The minimum absolute atomic E-state index is 0.458. The van der Waals surface area contributed by atoms with E-state index in [-0.39, 0.29) is 0 Å². The van der Waals surface area contributed by atoms with Crippen LogP contribution in [0.5, 0.6) is 11.5 Å². The van der Waals surface area contributed by atoms with E-state index in [1.807, 2.05) is 0 Å². The standard InChI is InChI=1S/C11H15ClO3/c1-11(2,13)9-7(12)5-6-8(14-3)10(9)15-4/h5-6,13H,1-4H3. The molecule has 1 N–H and O–H groups in total. The summed E-state index contributed by atoms with van der Waals surface area (Å²) < 4.78 is 10.3. The van der Waals surface area contributed by atoms with Crippen LogP contribution in [0, 0.1) is 0 Å². The number of ether oxygens (including phenoxy) is 2. The van der Waals surface area contributed by atoms with E-state index < -0.39 is 5.60 Å². The van der Waals surface area contributed by atoms with Crippen molar-refractivity contribution in [1.29, 1.82) is 0 Å². The van der Waals surface area contributed by atoms with E-state index in [0.717, 1.165) is 0 Å². The first kappa shape index (κ1) is 12.1. The van der Waals surface area contributed by atoms with Gasteiger partial charge in [-0.25, -0.2) is 0 Å². The highest BCUT2D eigenvalue weighted by molar-refractivity contribution is 6.31. The van der Waals surface area contributed by atoms with Gasteiger partial charge < -0.3 is 14.6 Å². The fraction of sp³-hybridized carbons (Fsp3) is 0.455. The molecule has 0 aliphatic heterocycles. The summed E-state index contributed by atoms with van der Waals surface area (Å²) >= 11 is 6.03. The highest BCUT2D eigenvalue weighted by Crippen LogP contribution is 2.41. The Bertz CT molecular complexity index is 356. The van der Waals surface area contributed by atoms with Crippen LogP contribution in [-0.4, -0.2) is 19.3 Å². The van der Waals surface area contributed by atoms with Gasteiger partial charge in [-0.2, -0.15) is 0 Å². The summed E-state index contributed by atoms with van der Waals surface area (Å²) in [4.78, 5) is 0. The van der Waals surface area contributed by atoms with Crippen LogP contribution < -0.4 is 9.47 Å². The summed E-state index contributed by atoms with van der Waals surface area (Å²) in [5, 5.41) is 10.4. The molecule has 0 amide bonds. The van der Waals surface area contributed by atoms with Crippen molar-refractivity contribution in [1.82, 2.24) is 0 Å². The maximum absolute atomic E-state index is 9.98. The van der Waals surface area contributed by atoms with Crippen molar-refractivity contribution in [3.63, 3.8) is 0 Å². The SMILES string of the molecule is COc1ccc(Cl)c(C(C)(C)O)c1OC. The van der Waals surface area contributed by atoms with Gasteiger partial charge in [0.25, 0.3) is 0 Å². The number of aliphatic hydroxyl groups is 1. The monoisotopic (exact) mass is 230 g/mol. The Morgan fingerprint density at radius 1 is 1.20 bits per heavy atom. The fourth-order valence-corrected chi connectivity index (χ4v) is 1.85. The second-order valence-electron chi connectivity index (χ2n) is 3.72. The lowest BCUT2D eigenvalue weighted by Crippen LogP contribution is -2.17. The zero-order chi connectivity index (χ0) is 11.6. The number of rotatable bonds is 3. The Hall–Kier alpha value is -0.930. The molecule has 0 radical (unpaired) electrons. The molecule has 0 fully saturated rings. The quantitative estimate of drug-likeness (QED) is 0.868. The molecule has 1 rings (SSSR count). The molecule has 0 atom stereocenters. The molecule has 1 aromatic rings. The summed E-state index contributed by atoms with van der Waals surface area (Å²) in [5.74, 6) is 1.02. The maximum atomic E-state index is 9.98. The Labute approximate surface area is 94.6 Å². The molecule has 4 heteroatoms. The molecule has 3 nitrogen and oxygen atoms in total.